The Hall–Kier alpha value is -1.75. The van der Waals surface area contributed by atoms with E-state index in [4.69, 9.17) is 10.9 Å². The third kappa shape index (κ3) is 2.63. The largest absolute Gasteiger partial charge is 0.390 e. The van der Waals surface area contributed by atoms with Crippen LogP contribution in [-0.2, 0) is 0 Å². The fraction of sp³-hybridized carbons (Fsp3) is 0.222. The van der Waals surface area contributed by atoms with Gasteiger partial charge < -0.3 is 10.9 Å². The van der Waals surface area contributed by atoms with Gasteiger partial charge in [-0.15, -0.1) is 0 Å². The highest BCUT2D eigenvalue weighted by Gasteiger charge is 2.01. The molecular formula is C9H12N4O. The zero-order valence-electron chi connectivity index (χ0n) is 7.88. The monoisotopic (exact) mass is 192 g/mol. The summed E-state index contributed by atoms with van der Waals surface area (Å²) in [4.78, 5) is 8.04. The minimum Gasteiger partial charge on any atom is -0.390 e. The fourth-order valence-electron chi connectivity index (χ4n) is 0.881. The van der Waals surface area contributed by atoms with E-state index in [0.717, 1.165) is 0 Å². The van der Waals surface area contributed by atoms with Crippen molar-refractivity contribution < 1.29 is 5.11 Å². The molecule has 5 heteroatoms. The van der Waals surface area contributed by atoms with Crippen LogP contribution in [0.4, 0.5) is 5.69 Å². The van der Waals surface area contributed by atoms with Crippen molar-refractivity contribution in [2.24, 2.45) is 15.9 Å². The number of hydrogen-bond donors (Lipinski definition) is 2. The molecule has 0 aromatic carbocycles. The van der Waals surface area contributed by atoms with E-state index in [-0.39, 0.29) is 6.61 Å². The number of aliphatic hydroxyl groups excluding tert-OH is 1. The molecule has 1 heterocycles. The van der Waals surface area contributed by atoms with E-state index in [1.54, 1.807) is 31.5 Å². The second-order valence-corrected chi connectivity index (χ2v) is 2.64. The molecule has 0 atom stereocenters. The van der Waals surface area contributed by atoms with Crippen LogP contribution >= 0.6 is 0 Å². The van der Waals surface area contributed by atoms with Gasteiger partial charge in [-0.2, -0.15) is 5.10 Å². The number of aliphatic imine (C=N–C) groups is 1. The first-order chi connectivity index (χ1) is 6.77. The van der Waals surface area contributed by atoms with Crippen molar-refractivity contribution in [1.82, 2.24) is 4.98 Å². The number of hydrogen-bond acceptors (Lipinski definition) is 5. The summed E-state index contributed by atoms with van der Waals surface area (Å²) in [6.07, 6.45) is 3.25. The van der Waals surface area contributed by atoms with Gasteiger partial charge in [0.25, 0.3) is 0 Å². The Morgan fingerprint density at radius 3 is 2.93 bits per heavy atom. The lowest BCUT2D eigenvalue weighted by Crippen LogP contribution is -2.16. The topological polar surface area (TPSA) is 83.9 Å². The molecule has 74 valence electrons. The third-order valence-corrected chi connectivity index (χ3v) is 1.67. The smallest absolute Gasteiger partial charge is 0.0895 e. The predicted octanol–water partition coefficient (Wildman–Crippen LogP) is 0.481. The Bertz CT molecular complexity index is 345. The van der Waals surface area contributed by atoms with E-state index in [9.17, 15) is 0 Å². The van der Waals surface area contributed by atoms with Crippen molar-refractivity contribution in [3.63, 3.8) is 0 Å². The van der Waals surface area contributed by atoms with Crippen LogP contribution in [0.15, 0.2) is 34.6 Å². The molecule has 0 aliphatic carbocycles. The fourth-order valence-corrected chi connectivity index (χ4v) is 0.881. The first kappa shape index (κ1) is 10.3. The number of nitrogens with two attached hydrogens (primary N) is 1. The van der Waals surface area contributed by atoms with Crippen LogP contribution in [0.3, 0.4) is 0 Å². The summed E-state index contributed by atoms with van der Waals surface area (Å²) in [7, 11) is 0. The molecule has 5 nitrogen and oxygen atoms in total. The van der Waals surface area contributed by atoms with Gasteiger partial charge in [-0.05, 0) is 19.1 Å². The van der Waals surface area contributed by atoms with Gasteiger partial charge in [-0.25, -0.2) is 4.99 Å². The SMILES string of the molecule is C/C(=N/N)C(CO)=Nc1cccnc1. The van der Waals surface area contributed by atoms with E-state index in [1.165, 1.54) is 0 Å². The van der Waals surface area contributed by atoms with Crippen LogP contribution in [0.25, 0.3) is 0 Å². The molecule has 1 rings (SSSR count). The molecular weight excluding hydrogens is 180 g/mol. The van der Waals surface area contributed by atoms with Crippen LogP contribution in [0.5, 0.6) is 0 Å². The molecule has 0 saturated heterocycles. The quantitative estimate of drug-likeness (QED) is 0.415. The van der Waals surface area contributed by atoms with Gasteiger partial charge in [-0.3, -0.25) is 4.98 Å². The maximum Gasteiger partial charge on any atom is 0.0895 e. The molecule has 3 N–H and O–H groups in total. The second-order valence-electron chi connectivity index (χ2n) is 2.64. The summed E-state index contributed by atoms with van der Waals surface area (Å²) in [6, 6.07) is 3.55. The Morgan fingerprint density at radius 1 is 1.64 bits per heavy atom. The second kappa shape index (κ2) is 5.08. The molecule has 1 aromatic rings. The van der Waals surface area contributed by atoms with E-state index in [1.807, 2.05) is 0 Å². The normalized spacial score (nSPS) is 13.0. The molecule has 14 heavy (non-hydrogen) atoms. The third-order valence-electron chi connectivity index (χ3n) is 1.67. The lowest BCUT2D eigenvalue weighted by Gasteiger charge is -2.00. The van der Waals surface area contributed by atoms with Gasteiger partial charge in [0.2, 0.25) is 0 Å². The van der Waals surface area contributed by atoms with Crippen molar-refractivity contribution in [2.75, 3.05) is 6.61 Å². The maximum absolute atomic E-state index is 9.00. The molecule has 0 unspecified atom stereocenters. The van der Waals surface area contributed by atoms with Crippen LogP contribution in [-0.4, -0.2) is 28.1 Å². The summed E-state index contributed by atoms with van der Waals surface area (Å²) < 4.78 is 0. The average Bonchev–Trinajstić information content (AvgIpc) is 2.26. The zero-order chi connectivity index (χ0) is 10.4. The number of pyridine rings is 1. The van der Waals surface area contributed by atoms with Crippen molar-refractivity contribution >= 4 is 17.1 Å². The number of rotatable bonds is 3. The Kier molecular flexibility index (Phi) is 3.75. The predicted molar refractivity (Wildman–Crippen MR) is 55.7 cm³/mol. The molecule has 0 saturated carbocycles. The average molecular weight is 192 g/mol. The Morgan fingerprint density at radius 2 is 2.43 bits per heavy atom. The summed E-state index contributed by atoms with van der Waals surface area (Å²) in [5, 5.41) is 12.5. The van der Waals surface area contributed by atoms with Crippen molar-refractivity contribution in [1.29, 1.82) is 0 Å². The van der Waals surface area contributed by atoms with Gasteiger partial charge in [0.15, 0.2) is 0 Å². The number of nitrogens with zero attached hydrogens (tertiary/aromatic N) is 3. The van der Waals surface area contributed by atoms with Crippen LogP contribution in [0, 0.1) is 0 Å². The van der Waals surface area contributed by atoms with Crippen molar-refractivity contribution in [2.45, 2.75) is 6.92 Å². The van der Waals surface area contributed by atoms with E-state index < -0.39 is 0 Å². The zero-order valence-corrected chi connectivity index (χ0v) is 7.88. The van der Waals surface area contributed by atoms with E-state index >= 15 is 0 Å². The first-order valence-corrected chi connectivity index (χ1v) is 4.11. The molecule has 0 radical (unpaired) electrons. The number of aliphatic hydroxyl groups is 1. The van der Waals surface area contributed by atoms with Crippen LogP contribution in [0.1, 0.15) is 6.92 Å². The standard InChI is InChI=1S/C9H12N4O/c1-7(13-10)9(6-14)12-8-3-2-4-11-5-8/h2-5,14H,6,10H2,1H3/b12-9?,13-7-. The van der Waals surface area contributed by atoms with Gasteiger partial charge >= 0.3 is 0 Å². The molecule has 0 bridgehead atoms. The molecule has 0 aliphatic rings. The van der Waals surface area contributed by atoms with Gasteiger partial charge in [0.1, 0.15) is 0 Å². The van der Waals surface area contributed by atoms with Gasteiger partial charge in [-0.1, -0.05) is 0 Å². The molecule has 0 aliphatic heterocycles. The highest BCUT2D eigenvalue weighted by molar-refractivity contribution is 6.42. The molecule has 0 fully saturated rings. The summed E-state index contributed by atoms with van der Waals surface area (Å²) in [6.45, 7) is 1.49. The lowest BCUT2D eigenvalue weighted by molar-refractivity contribution is 0.359. The number of aromatic nitrogens is 1. The summed E-state index contributed by atoms with van der Waals surface area (Å²) in [5.41, 5.74) is 1.62. The molecule has 0 amide bonds. The summed E-state index contributed by atoms with van der Waals surface area (Å²) in [5.74, 6) is 5.08. The number of hydrazone groups is 1. The lowest BCUT2D eigenvalue weighted by atomic mass is 10.2. The molecule has 1 aromatic heterocycles. The highest BCUT2D eigenvalue weighted by atomic mass is 16.3. The Balaban J connectivity index is 2.96. The van der Waals surface area contributed by atoms with E-state index in [2.05, 4.69) is 15.1 Å². The van der Waals surface area contributed by atoms with Crippen molar-refractivity contribution in [3.8, 4) is 0 Å². The molecule has 0 spiro atoms. The minimum absolute atomic E-state index is 0.193. The van der Waals surface area contributed by atoms with Crippen LogP contribution in [0.2, 0.25) is 0 Å². The van der Waals surface area contributed by atoms with Gasteiger partial charge in [0.05, 0.1) is 29.9 Å². The maximum atomic E-state index is 9.00. The Labute approximate surface area is 82.0 Å². The van der Waals surface area contributed by atoms with Gasteiger partial charge in [0, 0.05) is 6.20 Å². The van der Waals surface area contributed by atoms with E-state index in [0.29, 0.717) is 17.1 Å². The first-order valence-electron chi connectivity index (χ1n) is 4.11. The minimum atomic E-state index is -0.193. The highest BCUT2D eigenvalue weighted by Crippen LogP contribution is 2.08. The van der Waals surface area contributed by atoms with Crippen LogP contribution < -0.4 is 5.84 Å². The summed E-state index contributed by atoms with van der Waals surface area (Å²) >= 11 is 0. The van der Waals surface area contributed by atoms with Crippen molar-refractivity contribution in [3.05, 3.63) is 24.5 Å².